The molecule has 0 aromatic carbocycles. The maximum atomic E-state index is 12.5. The van der Waals surface area contributed by atoms with E-state index in [1.165, 1.54) is 25.7 Å². The van der Waals surface area contributed by atoms with E-state index < -0.39 is 17.5 Å². The van der Waals surface area contributed by atoms with E-state index in [1.54, 1.807) is 5.57 Å². The molecule has 0 radical (unpaired) electrons. The van der Waals surface area contributed by atoms with Crippen LogP contribution < -0.4 is 0 Å². The highest BCUT2D eigenvalue weighted by Gasteiger charge is 2.70. The number of allylic oxidation sites excluding steroid dienone is 2. The molecule has 5 rings (SSSR count). The first-order valence-corrected chi connectivity index (χ1v) is 13.9. The summed E-state index contributed by atoms with van der Waals surface area (Å²) < 4.78 is 0. The molecule has 1 unspecified atom stereocenters. The Bertz CT molecular complexity index is 878. The van der Waals surface area contributed by atoms with Crippen LogP contribution in [0.5, 0.6) is 0 Å². The molecule has 0 saturated heterocycles. The van der Waals surface area contributed by atoms with Gasteiger partial charge in [0.15, 0.2) is 0 Å². The fourth-order valence-electron chi connectivity index (χ4n) is 10.8. The fraction of sp³-hybridized carbons (Fsp3) is 0.900. The fourth-order valence-corrected chi connectivity index (χ4v) is 10.8. The molecule has 4 saturated carbocycles. The Morgan fingerprint density at radius 1 is 0.909 bits per heavy atom. The molecule has 186 valence electrons. The van der Waals surface area contributed by atoms with Crippen LogP contribution >= 0.6 is 0 Å². The normalized spacial score (nSPS) is 58.2. The van der Waals surface area contributed by atoms with E-state index in [0.717, 1.165) is 31.1 Å². The number of hydrogen-bond donors (Lipinski definition) is 2. The van der Waals surface area contributed by atoms with Gasteiger partial charge < -0.3 is 10.2 Å². The highest BCUT2D eigenvalue weighted by Crippen LogP contribution is 2.75. The number of rotatable bonds is 1. The smallest absolute Gasteiger partial charge is 0.309 e. The molecule has 33 heavy (non-hydrogen) atoms. The molecule has 0 heterocycles. The maximum absolute atomic E-state index is 12.5. The molecule has 2 N–H and O–H groups in total. The van der Waals surface area contributed by atoms with Crippen LogP contribution in [0.2, 0.25) is 0 Å². The van der Waals surface area contributed by atoms with E-state index >= 15 is 0 Å². The lowest BCUT2D eigenvalue weighted by Gasteiger charge is -2.71. The van der Waals surface area contributed by atoms with Gasteiger partial charge in [0.2, 0.25) is 0 Å². The van der Waals surface area contributed by atoms with E-state index in [0.29, 0.717) is 30.1 Å². The Hall–Kier alpha value is -0.830. The van der Waals surface area contributed by atoms with Crippen molar-refractivity contribution in [2.75, 3.05) is 0 Å². The van der Waals surface area contributed by atoms with Crippen molar-refractivity contribution in [1.29, 1.82) is 0 Å². The molecule has 0 aromatic rings. The largest absolute Gasteiger partial charge is 0.481 e. The summed E-state index contributed by atoms with van der Waals surface area (Å²) in [6.45, 7) is 16.9. The SMILES string of the molecule is C[C@H]1[C@H](C)CC[C@]2(C)CC[C@]3(C)C(=CC[C@@H]4[C@@]5(C)C(O)CC[C@](C)(C(=O)O)[C@@H]5CC[C@]43C)[C@H]12. The zero-order chi connectivity index (χ0) is 24.2. The number of fused-ring (bicyclic) bond motifs is 7. The quantitative estimate of drug-likeness (QED) is 0.414. The van der Waals surface area contributed by atoms with E-state index in [-0.39, 0.29) is 22.2 Å². The lowest BCUT2D eigenvalue weighted by molar-refractivity contribution is -0.227. The Morgan fingerprint density at radius 2 is 1.61 bits per heavy atom. The van der Waals surface area contributed by atoms with Gasteiger partial charge in [-0.25, -0.2) is 0 Å². The van der Waals surface area contributed by atoms with Crippen LogP contribution in [0.15, 0.2) is 11.6 Å². The molecule has 3 nitrogen and oxygen atoms in total. The lowest BCUT2D eigenvalue weighted by Crippen LogP contribution is -2.67. The molecule has 0 spiro atoms. The number of aliphatic hydroxyl groups is 1. The van der Waals surface area contributed by atoms with Crippen molar-refractivity contribution in [2.24, 2.45) is 56.7 Å². The Morgan fingerprint density at radius 3 is 2.27 bits per heavy atom. The topological polar surface area (TPSA) is 57.5 Å². The van der Waals surface area contributed by atoms with Crippen LogP contribution in [0.4, 0.5) is 0 Å². The number of hydrogen-bond acceptors (Lipinski definition) is 2. The number of carboxylic acids is 1. The van der Waals surface area contributed by atoms with Gasteiger partial charge in [-0.15, -0.1) is 0 Å². The van der Waals surface area contributed by atoms with Crippen molar-refractivity contribution >= 4 is 5.97 Å². The predicted molar refractivity (Wildman–Crippen MR) is 133 cm³/mol. The summed E-state index contributed by atoms with van der Waals surface area (Å²) in [5.74, 6) is 1.89. The molecule has 0 amide bonds. The minimum absolute atomic E-state index is 0.0466. The van der Waals surface area contributed by atoms with Crippen molar-refractivity contribution in [3.63, 3.8) is 0 Å². The highest BCUT2D eigenvalue weighted by molar-refractivity contribution is 5.75. The third-order valence-corrected chi connectivity index (χ3v) is 13.5. The molecule has 0 bridgehead atoms. The van der Waals surface area contributed by atoms with Crippen LogP contribution in [-0.4, -0.2) is 22.3 Å². The summed E-state index contributed by atoms with van der Waals surface area (Å²) in [6.07, 6.45) is 11.7. The van der Waals surface area contributed by atoms with E-state index in [1.807, 2.05) is 6.92 Å². The first-order valence-electron chi connectivity index (χ1n) is 13.9. The number of aliphatic carboxylic acids is 1. The van der Waals surface area contributed by atoms with E-state index in [9.17, 15) is 15.0 Å². The number of carbonyl (C=O) groups is 1. The molecule has 0 aromatic heterocycles. The van der Waals surface area contributed by atoms with Gasteiger partial charge in [-0.2, -0.15) is 0 Å². The average molecular weight is 457 g/mol. The standard InChI is InChI=1S/C30H48O3/c1-18-10-13-26(3)16-17-28(5)20(24(26)19(18)2)8-9-22-29(28,6)15-11-21-27(4,25(32)33)14-12-23(31)30(21,22)7/h8,18-19,21-24,31H,9-17H2,1-7H3,(H,32,33)/t18-,19+,21+,22+,23?,24+,26-,27+,28-,29-,30+/m1/s1. The Kier molecular flexibility index (Phi) is 5.15. The summed E-state index contributed by atoms with van der Waals surface area (Å²) in [4.78, 5) is 12.5. The Labute approximate surface area is 201 Å². The van der Waals surface area contributed by atoms with Crippen LogP contribution in [0.25, 0.3) is 0 Å². The molecular weight excluding hydrogens is 408 g/mol. The van der Waals surface area contributed by atoms with Gasteiger partial charge in [0.1, 0.15) is 0 Å². The van der Waals surface area contributed by atoms with Crippen LogP contribution in [0.1, 0.15) is 106 Å². The van der Waals surface area contributed by atoms with E-state index in [4.69, 9.17) is 0 Å². The minimum Gasteiger partial charge on any atom is -0.481 e. The van der Waals surface area contributed by atoms with Crippen molar-refractivity contribution in [2.45, 2.75) is 112 Å². The second kappa shape index (κ2) is 7.11. The van der Waals surface area contributed by atoms with Gasteiger partial charge in [-0.05, 0) is 111 Å². The summed E-state index contributed by atoms with van der Waals surface area (Å²) in [7, 11) is 0. The zero-order valence-corrected chi connectivity index (χ0v) is 22.2. The summed E-state index contributed by atoms with van der Waals surface area (Å²) in [5, 5.41) is 21.8. The second-order valence-corrected chi connectivity index (χ2v) is 14.4. The van der Waals surface area contributed by atoms with Crippen LogP contribution in [0, 0.1) is 56.7 Å². The van der Waals surface area contributed by atoms with Crippen LogP contribution in [-0.2, 0) is 4.79 Å². The molecule has 5 aliphatic carbocycles. The number of carboxylic acid groups (broad SMARTS) is 1. The van der Waals surface area contributed by atoms with Gasteiger partial charge in [0.25, 0.3) is 0 Å². The van der Waals surface area contributed by atoms with Gasteiger partial charge in [-0.1, -0.05) is 53.2 Å². The predicted octanol–water partition coefficient (Wildman–Crippen LogP) is 7.09. The highest BCUT2D eigenvalue weighted by atomic mass is 16.4. The summed E-state index contributed by atoms with van der Waals surface area (Å²) in [6, 6.07) is 0. The molecule has 11 atom stereocenters. The van der Waals surface area contributed by atoms with Gasteiger partial charge in [-0.3, -0.25) is 4.79 Å². The molecule has 0 aliphatic heterocycles. The van der Waals surface area contributed by atoms with Gasteiger partial charge in [0.05, 0.1) is 11.5 Å². The third kappa shape index (κ3) is 2.75. The first-order chi connectivity index (χ1) is 15.3. The van der Waals surface area contributed by atoms with Crippen molar-refractivity contribution < 1.29 is 15.0 Å². The molecular formula is C30H48O3. The molecule has 4 fully saturated rings. The third-order valence-electron chi connectivity index (χ3n) is 13.5. The van der Waals surface area contributed by atoms with Gasteiger partial charge in [0, 0.05) is 5.41 Å². The van der Waals surface area contributed by atoms with Gasteiger partial charge >= 0.3 is 5.97 Å². The number of aliphatic hydroxyl groups excluding tert-OH is 1. The Balaban J connectivity index is 1.62. The van der Waals surface area contributed by atoms with E-state index in [2.05, 4.69) is 47.6 Å². The second-order valence-electron chi connectivity index (χ2n) is 14.4. The average Bonchev–Trinajstić information content (AvgIpc) is 2.75. The maximum Gasteiger partial charge on any atom is 0.309 e. The summed E-state index contributed by atoms with van der Waals surface area (Å²) in [5.41, 5.74) is 1.36. The van der Waals surface area contributed by atoms with Crippen molar-refractivity contribution in [3.05, 3.63) is 11.6 Å². The monoisotopic (exact) mass is 456 g/mol. The molecule has 5 aliphatic rings. The lowest BCUT2D eigenvalue weighted by atomic mass is 9.33. The summed E-state index contributed by atoms with van der Waals surface area (Å²) >= 11 is 0. The first kappa shape index (κ1) is 23.9. The van der Waals surface area contributed by atoms with Crippen molar-refractivity contribution in [3.8, 4) is 0 Å². The molecule has 3 heteroatoms. The van der Waals surface area contributed by atoms with Crippen molar-refractivity contribution in [1.82, 2.24) is 0 Å². The zero-order valence-electron chi connectivity index (χ0n) is 22.2. The minimum atomic E-state index is -0.724. The van der Waals surface area contributed by atoms with Crippen LogP contribution in [0.3, 0.4) is 0 Å².